The Morgan fingerprint density at radius 2 is 1.57 bits per heavy atom. The molecule has 0 saturated carbocycles. The van der Waals surface area contributed by atoms with Gasteiger partial charge in [0.1, 0.15) is 11.3 Å². The zero-order chi connectivity index (χ0) is 25.3. The van der Waals surface area contributed by atoms with Gasteiger partial charge >= 0.3 is 11.9 Å². The summed E-state index contributed by atoms with van der Waals surface area (Å²) in [6.45, 7) is 8.50. The molecular weight excluding hydrogens is 442 g/mol. The minimum absolute atomic E-state index is 0.562. The van der Waals surface area contributed by atoms with Crippen molar-refractivity contribution in [2.24, 2.45) is 5.92 Å². The van der Waals surface area contributed by atoms with Crippen molar-refractivity contribution in [3.05, 3.63) is 93.9 Å². The normalized spacial score (nSPS) is 12.3. The predicted molar refractivity (Wildman–Crippen MR) is 134 cm³/mol. The van der Waals surface area contributed by atoms with E-state index in [9.17, 15) is 19.8 Å². The molecule has 0 radical (unpaired) electrons. The average molecular weight is 472 g/mol. The van der Waals surface area contributed by atoms with E-state index in [2.05, 4.69) is 11.5 Å². The number of benzene rings is 2. The van der Waals surface area contributed by atoms with E-state index in [1.807, 2.05) is 63.2 Å². The molecule has 0 aliphatic carbocycles. The van der Waals surface area contributed by atoms with Gasteiger partial charge in [0, 0.05) is 18.0 Å². The molecule has 2 N–H and O–H groups in total. The number of carboxylic acid groups (broad SMARTS) is 2. The third kappa shape index (κ3) is 4.67. The molecule has 2 heterocycles. The first-order valence-electron chi connectivity index (χ1n) is 11.6. The first-order valence-corrected chi connectivity index (χ1v) is 11.6. The van der Waals surface area contributed by atoms with Gasteiger partial charge in [0.2, 0.25) is 0 Å². The Hall–Kier alpha value is -4.00. The maximum atomic E-state index is 12.0. The topological polar surface area (TPSA) is 105 Å². The molecule has 1 atom stereocenters. The zero-order valence-corrected chi connectivity index (χ0v) is 20.3. The van der Waals surface area contributed by atoms with Crippen molar-refractivity contribution >= 4 is 23.1 Å². The van der Waals surface area contributed by atoms with Gasteiger partial charge in [-0.25, -0.2) is 9.97 Å². The molecule has 0 bridgehead atoms. The van der Waals surface area contributed by atoms with Crippen LogP contribution in [0.25, 0.3) is 11.2 Å². The first-order chi connectivity index (χ1) is 16.7. The van der Waals surface area contributed by atoms with E-state index in [0.717, 1.165) is 45.8 Å². The SMILES string of the molecule is CCc1nc2c(C)cc(C)nc2n1Cc1ccc(C(c2ccccc2C)C(C(=O)O)C(=O)O)cc1. The minimum Gasteiger partial charge on any atom is -0.481 e. The summed E-state index contributed by atoms with van der Waals surface area (Å²) in [5, 5.41) is 19.5. The maximum absolute atomic E-state index is 12.0. The van der Waals surface area contributed by atoms with Crippen LogP contribution < -0.4 is 0 Å². The fourth-order valence-electron chi connectivity index (χ4n) is 4.78. The number of fused-ring (bicyclic) bond motifs is 1. The number of imidazole rings is 1. The Labute approximate surface area is 204 Å². The summed E-state index contributed by atoms with van der Waals surface area (Å²) in [6, 6.07) is 16.9. The van der Waals surface area contributed by atoms with Crippen molar-refractivity contribution in [2.75, 3.05) is 0 Å². The van der Waals surface area contributed by atoms with Crippen molar-refractivity contribution in [1.82, 2.24) is 14.5 Å². The molecule has 35 heavy (non-hydrogen) atoms. The highest BCUT2D eigenvalue weighted by atomic mass is 16.4. The summed E-state index contributed by atoms with van der Waals surface area (Å²) in [5.41, 5.74) is 6.95. The monoisotopic (exact) mass is 471 g/mol. The number of rotatable bonds is 8. The van der Waals surface area contributed by atoms with Crippen LogP contribution in [0.5, 0.6) is 0 Å². The number of aromatic nitrogens is 3. The number of pyridine rings is 1. The molecule has 0 saturated heterocycles. The van der Waals surface area contributed by atoms with Gasteiger partial charge in [-0.1, -0.05) is 55.5 Å². The van der Waals surface area contributed by atoms with E-state index in [4.69, 9.17) is 9.97 Å². The van der Waals surface area contributed by atoms with Crippen LogP contribution in [0.4, 0.5) is 0 Å². The van der Waals surface area contributed by atoms with Gasteiger partial charge in [-0.2, -0.15) is 0 Å². The molecule has 0 amide bonds. The van der Waals surface area contributed by atoms with Crippen LogP contribution in [0.15, 0.2) is 54.6 Å². The Morgan fingerprint density at radius 1 is 0.914 bits per heavy atom. The summed E-state index contributed by atoms with van der Waals surface area (Å²) in [5.74, 6) is -4.18. The van der Waals surface area contributed by atoms with E-state index in [0.29, 0.717) is 17.7 Å². The van der Waals surface area contributed by atoms with Crippen LogP contribution >= 0.6 is 0 Å². The average Bonchev–Trinajstić information content (AvgIpc) is 3.15. The summed E-state index contributed by atoms with van der Waals surface area (Å²) in [4.78, 5) is 33.5. The van der Waals surface area contributed by atoms with E-state index in [1.54, 1.807) is 12.1 Å². The van der Waals surface area contributed by atoms with Gasteiger partial charge in [0.05, 0.1) is 6.54 Å². The van der Waals surface area contributed by atoms with E-state index < -0.39 is 23.8 Å². The number of carboxylic acids is 2. The number of aliphatic carboxylic acids is 2. The van der Waals surface area contributed by atoms with Crippen molar-refractivity contribution in [3.63, 3.8) is 0 Å². The molecule has 0 fully saturated rings. The molecule has 2 aromatic heterocycles. The van der Waals surface area contributed by atoms with E-state index in [1.165, 1.54) is 0 Å². The molecule has 4 aromatic rings. The summed E-state index contributed by atoms with van der Waals surface area (Å²) in [7, 11) is 0. The quantitative estimate of drug-likeness (QED) is 0.355. The zero-order valence-electron chi connectivity index (χ0n) is 20.3. The highest BCUT2D eigenvalue weighted by Gasteiger charge is 2.37. The Bertz CT molecular complexity index is 1390. The fourth-order valence-corrected chi connectivity index (χ4v) is 4.78. The third-order valence-electron chi connectivity index (χ3n) is 6.49. The molecule has 7 heteroatoms. The second-order valence-electron chi connectivity index (χ2n) is 8.95. The van der Waals surface area contributed by atoms with Gasteiger partial charge < -0.3 is 14.8 Å². The van der Waals surface area contributed by atoms with Crippen LogP contribution in [0.2, 0.25) is 0 Å². The smallest absolute Gasteiger partial charge is 0.318 e. The Balaban J connectivity index is 1.75. The molecule has 0 spiro atoms. The molecule has 180 valence electrons. The van der Waals surface area contributed by atoms with Crippen LogP contribution in [0, 0.1) is 26.7 Å². The van der Waals surface area contributed by atoms with E-state index >= 15 is 0 Å². The summed E-state index contributed by atoms with van der Waals surface area (Å²) < 4.78 is 2.11. The largest absolute Gasteiger partial charge is 0.481 e. The van der Waals surface area contributed by atoms with Crippen molar-refractivity contribution < 1.29 is 19.8 Å². The number of aryl methyl sites for hydroxylation is 4. The Kier molecular flexibility index (Phi) is 6.69. The lowest BCUT2D eigenvalue weighted by molar-refractivity contribution is -0.155. The molecule has 0 aliphatic heterocycles. The second kappa shape index (κ2) is 9.70. The number of hydrogen-bond acceptors (Lipinski definition) is 4. The third-order valence-corrected chi connectivity index (χ3v) is 6.49. The predicted octanol–water partition coefficient (Wildman–Crippen LogP) is 4.88. The van der Waals surface area contributed by atoms with Crippen molar-refractivity contribution in [2.45, 2.75) is 46.6 Å². The van der Waals surface area contributed by atoms with Crippen LogP contribution in [-0.4, -0.2) is 36.7 Å². The molecule has 2 aromatic carbocycles. The van der Waals surface area contributed by atoms with Gasteiger partial charge in [-0.3, -0.25) is 9.59 Å². The van der Waals surface area contributed by atoms with Crippen molar-refractivity contribution in [1.29, 1.82) is 0 Å². The number of hydrogen-bond donors (Lipinski definition) is 2. The van der Waals surface area contributed by atoms with Gasteiger partial charge in [0.25, 0.3) is 0 Å². The van der Waals surface area contributed by atoms with Gasteiger partial charge in [0.15, 0.2) is 11.6 Å². The Morgan fingerprint density at radius 3 is 2.17 bits per heavy atom. The van der Waals surface area contributed by atoms with Gasteiger partial charge in [-0.15, -0.1) is 0 Å². The second-order valence-corrected chi connectivity index (χ2v) is 8.95. The fraction of sp³-hybridized carbons (Fsp3) is 0.286. The highest BCUT2D eigenvalue weighted by molar-refractivity contribution is 5.94. The molecule has 7 nitrogen and oxygen atoms in total. The first kappa shape index (κ1) is 24.1. The summed E-state index contributed by atoms with van der Waals surface area (Å²) >= 11 is 0. The van der Waals surface area contributed by atoms with Crippen molar-refractivity contribution in [3.8, 4) is 0 Å². The lowest BCUT2D eigenvalue weighted by Crippen LogP contribution is -2.31. The molecular formula is C28H29N3O4. The maximum Gasteiger partial charge on any atom is 0.318 e. The van der Waals surface area contributed by atoms with Gasteiger partial charge in [-0.05, 0) is 54.7 Å². The lowest BCUT2D eigenvalue weighted by atomic mass is 9.79. The molecule has 0 aliphatic rings. The lowest BCUT2D eigenvalue weighted by Gasteiger charge is -2.24. The standard InChI is InChI=1S/C28H29N3O4/c1-5-22-30-25-17(3)14-18(4)29-26(25)31(22)15-19-10-12-20(13-11-19)23(24(27(32)33)28(34)35)21-9-7-6-8-16(21)2/h6-14,23-24H,5,15H2,1-4H3,(H,32,33)(H,34,35). The van der Waals surface area contributed by atoms with Crippen LogP contribution in [-0.2, 0) is 22.6 Å². The number of carbonyl (C=O) groups is 2. The molecule has 1 unspecified atom stereocenters. The van der Waals surface area contributed by atoms with Crippen LogP contribution in [0.1, 0.15) is 52.2 Å². The van der Waals surface area contributed by atoms with Crippen LogP contribution in [0.3, 0.4) is 0 Å². The number of nitrogens with zero attached hydrogens (tertiary/aromatic N) is 3. The highest BCUT2D eigenvalue weighted by Crippen LogP contribution is 2.35. The van der Waals surface area contributed by atoms with E-state index in [-0.39, 0.29) is 0 Å². The summed E-state index contributed by atoms with van der Waals surface area (Å²) in [6.07, 6.45) is 0.765. The minimum atomic E-state index is -1.60. The molecule has 4 rings (SSSR count).